The van der Waals surface area contributed by atoms with Crippen LogP contribution in [0.5, 0.6) is 5.75 Å². The molecule has 0 atom stereocenters. The second kappa shape index (κ2) is 4.46. The van der Waals surface area contributed by atoms with E-state index in [2.05, 4.69) is 5.32 Å². The summed E-state index contributed by atoms with van der Waals surface area (Å²) in [5.41, 5.74) is 0.563. The van der Waals surface area contributed by atoms with Crippen molar-refractivity contribution in [3.05, 3.63) is 40.2 Å². The van der Waals surface area contributed by atoms with Gasteiger partial charge in [0.1, 0.15) is 11.3 Å². The Morgan fingerprint density at radius 3 is 2.56 bits per heavy atom. The number of phenols is 1. The maximum atomic E-state index is 11.3. The van der Waals surface area contributed by atoms with Gasteiger partial charge >= 0.3 is 5.63 Å². The molecule has 4 heteroatoms. The zero-order chi connectivity index (χ0) is 13.3. The molecule has 0 saturated carbocycles. The van der Waals surface area contributed by atoms with E-state index in [1.54, 1.807) is 18.2 Å². The maximum Gasteiger partial charge on any atom is 0.336 e. The standard InChI is InChI=1S/C14H17NO3/c1-14(2,3)15-8-10-11(16)6-4-9-5-7-12(17)18-13(9)10/h4-7,15-16H,8H2,1-3H3. The quantitative estimate of drug-likeness (QED) is 0.800. The number of nitrogens with one attached hydrogen (secondary N) is 1. The molecule has 1 aromatic carbocycles. The first-order valence-corrected chi connectivity index (χ1v) is 5.86. The van der Waals surface area contributed by atoms with Gasteiger partial charge in [0.2, 0.25) is 0 Å². The SMILES string of the molecule is CC(C)(C)NCc1c(O)ccc2ccc(=O)oc12. The molecule has 0 fully saturated rings. The molecule has 0 saturated heterocycles. The van der Waals surface area contributed by atoms with E-state index in [4.69, 9.17) is 4.42 Å². The van der Waals surface area contributed by atoms with Crippen LogP contribution in [0, 0.1) is 0 Å². The van der Waals surface area contributed by atoms with Crippen molar-refractivity contribution in [3.8, 4) is 5.75 Å². The van der Waals surface area contributed by atoms with Gasteiger partial charge in [-0.3, -0.25) is 0 Å². The molecule has 0 radical (unpaired) electrons. The number of rotatable bonds is 2. The van der Waals surface area contributed by atoms with Crippen LogP contribution in [0.25, 0.3) is 11.0 Å². The summed E-state index contributed by atoms with van der Waals surface area (Å²) in [6, 6.07) is 6.41. The normalized spacial score (nSPS) is 11.9. The largest absolute Gasteiger partial charge is 0.507 e. The Morgan fingerprint density at radius 1 is 1.22 bits per heavy atom. The van der Waals surface area contributed by atoms with E-state index in [1.165, 1.54) is 6.07 Å². The van der Waals surface area contributed by atoms with Crippen molar-refractivity contribution in [1.29, 1.82) is 0 Å². The summed E-state index contributed by atoms with van der Waals surface area (Å²) < 4.78 is 5.18. The van der Waals surface area contributed by atoms with E-state index in [0.29, 0.717) is 17.7 Å². The highest BCUT2D eigenvalue weighted by atomic mass is 16.4. The van der Waals surface area contributed by atoms with Crippen molar-refractivity contribution < 1.29 is 9.52 Å². The maximum absolute atomic E-state index is 11.3. The Balaban J connectivity index is 2.50. The minimum atomic E-state index is -0.412. The summed E-state index contributed by atoms with van der Waals surface area (Å²) in [6.45, 7) is 6.54. The summed E-state index contributed by atoms with van der Waals surface area (Å²) in [4.78, 5) is 11.3. The van der Waals surface area contributed by atoms with Crippen molar-refractivity contribution in [1.82, 2.24) is 5.32 Å². The second-order valence-corrected chi connectivity index (χ2v) is 5.34. The first-order chi connectivity index (χ1) is 8.37. The molecule has 0 spiro atoms. The number of fused-ring (bicyclic) bond motifs is 1. The van der Waals surface area contributed by atoms with Gasteiger partial charge in [-0.25, -0.2) is 4.79 Å². The third kappa shape index (κ3) is 2.71. The van der Waals surface area contributed by atoms with E-state index < -0.39 is 5.63 Å². The van der Waals surface area contributed by atoms with Crippen LogP contribution in [0.2, 0.25) is 0 Å². The average Bonchev–Trinajstić information content (AvgIpc) is 2.26. The van der Waals surface area contributed by atoms with Crippen LogP contribution in [-0.4, -0.2) is 10.6 Å². The molecule has 1 heterocycles. The highest BCUT2D eigenvalue weighted by molar-refractivity contribution is 5.81. The zero-order valence-electron chi connectivity index (χ0n) is 10.8. The smallest absolute Gasteiger partial charge is 0.336 e. The Hall–Kier alpha value is -1.81. The molecule has 2 N–H and O–H groups in total. The Labute approximate surface area is 105 Å². The van der Waals surface area contributed by atoms with Gasteiger partial charge < -0.3 is 14.8 Å². The Kier molecular flexibility index (Phi) is 3.13. The van der Waals surface area contributed by atoms with Crippen LogP contribution >= 0.6 is 0 Å². The minimum Gasteiger partial charge on any atom is -0.507 e. The molecule has 0 unspecified atom stereocenters. The van der Waals surface area contributed by atoms with Crippen molar-refractivity contribution >= 4 is 11.0 Å². The van der Waals surface area contributed by atoms with Gasteiger partial charge in [0, 0.05) is 23.5 Å². The molecule has 0 aliphatic heterocycles. The topological polar surface area (TPSA) is 62.5 Å². The fourth-order valence-electron chi connectivity index (χ4n) is 1.70. The Morgan fingerprint density at radius 2 is 1.89 bits per heavy atom. The minimum absolute atomic E-state index is 0.0797. The van der Waals surface area contributed by atoms with Crippen LogP contribution in [0.4, 0.5) is 0 Å². The van der Waals surface area contributed by atoms with E-state index in [9.17, 15) is 9.90 Å². The lowest BCUT2D eigenvalue weighted by Crippen LogP contribution is -2.35. The molecule has 0 bridgehead atoms. The number of hydrogen-bond acceptors (Lipinski definition) is 4. The van der Waals surface area contributed by atoms with Crippen molar-refractivity contribution in [2.45, 2.75) is 32.9 Å². The third-order valence-corrected chi connectivity index (χ3v) is 2.66. The molecule has 2 aromatic rings. The fourth-order valence-corrected chi connectivity index (χ4v) is 1.70. The van der Waals surface area contributed by atoms with Gasteiger partial charge in [-0.15, -0.1) is 0 Å². The van der Waals surface area contributed by atoms with E-state index in [-0.39, 0.29) is 11.3 Å². The fraction of sp³-hybridized carbons (Fsp3) is 0.357. The summed E-state index contributed by atoms with van der Waals surface area (Å²) in [5.74, 6) is 0.133. The van der Waals surface area contributed by atoms with Gasteiger partial charge in [-0.2, -0.15) is 0 Å². The van der Waals surface area contributed by atoms with Crippen LogP contribution in [0.1, 0.15) is 26.3 Å². The van der Waals surface area contributed by atoms with Gasteiger partial charge in [0.15, 0.2) is 0 Å². The summed E-state index contributed by atoms with van der Waals surface area (Å²) in [6.07, 6.45) is 0. The lowest BCUT2D eigenvalue weighted by Gasteiger charge is -2.21. The molecule has 2 rings (SSSR count). The lowest BCUT2D eigenvalue weighted by molar-refractivity contribution is 0.410. The predicted molar refractivity (Wildman–Crippen MR) is 70.7 cm³/mol. The highest BCUT2D eigenvalue weighted by Gasteiger charge is 2.14. The molecule has 0 aliphatic rings. The molecular formula is C14H17NO3. The zero-order valence-corrected chi connectivity index (χ0v) is 10.8. The van der Waals surface area contributed by atoms with Crippen molar-refractivity contribution in [3.63, 3.8) is 0 Å². The first-order valence-electron chi connectivity index (χ1n) is 5.86. The number of phenolic OH excluding ortho intramolecular Hbond substituents is 1. The molecule has 1 aromatic heterocycles. The van der Waals surface area contributed by atoms with Crippen LogP contribution in [-0.2, 0) is 6.54 Å². The van der Waals surface area contributed by atoms with Crippen LogP contribution < -0.4 is 10.9 Å². The van der Waals surface area contributed by atoms with Gasteiger partial charge in [0.25, 0.3) is 0 Å². The molecule has 0 aliphatic carbocycles. The van der Waals surface area contributed by atoms with Crippen LogP contribution in [0.15, 0.2) is 33.5 Å². The summed E-state index contributed by atoms with van der Waals surface area (Å²) >= 11 is 0. The average molecular weight is 247 g/mol. The molecule has 96 valence electrons. The van der Waals surface area contributed by atoms with Crippen molar-refractivity contribution in [2.75, 3.05) is 0 Å². The molecule has 0 amide bonds. The van der Waals surface area contributed by atoms with Gasteiger partial charge in [-0.1, -0.05) is 0 Å². The van der Waals surface area contributed by atoms with E-state index in [1.807, 2.05) is 20.8 Å². The summed E-state index contributed by atoms with van der Waals surface area (Å²) in [5, 5.41) is 14.0. The van der Waals surface area contributed by atoms with Crippen LogP contribution in [0.3, 0.4) is 0 Å². The van der Waals surface area contributed by atoms with Gasteiger partial charge in [-0.05, 0) is 39.0 Å². The van der Waals surface area contributed by atoms with E-state index in [0.717, 1.165) is 5.39 Å². The number of hydrogen-bond donors (Lipinski definition) is 2. The first kappa shape index (κ1) is 12.6. The Bertz CT molecular complexity index is 623. The van der Waals surface area contributed by atoms with Crippen molar-refractivity contribution in [2.24, 2.45) is 0 Å². The van der Waals surface area contributed by atoms with Gasteiger partial charge in [0.05, 0.1) is 5.56 Å². The second-order valence-electron chi connectivity index (χ2n) is 5.34. The molecule has 18 heavy (non-hydrogen) atoms. The monoisotopic (exact) mass is 247 g/mol. The molecular weight excluding hydrogens is 230 g/mol. The highest BCUT2D eigenvalue weighted by Crippen LogP contribution is 2.26. The number of benzene rings is 1. The lowest BCUT2D eigenvalue weighted by atomic mass is 10.1. The predicted octanol–water partition coefficient (Wildman–Crippen LogP) is 2.39. The van der Waals surface area contributed by atoms with E-state index >= 15 is 0 Å². The number of aromatic hydroxyl groups is 1. The summed E-state index contributed by atoms with van der Waals surface area (Å²) in [7, 11) is 0. The molecule has 4 nitrogen and oxygen atoms in total. The third-order valence-electron chi connectivity index (χ3n) is 2.66.